The molecular weight excluding hydrogens is 532 g/mol. The van der Waals surface area contributed by atoms with Gasteiger partial charge in [-0.15, -0.1) is 23.1 Å². The van der Waals surface area contributed by atoms with E-state index in [0.717, 1.165) is 28.0 Å². The van der Waals surface area contributed by atoms with Gasteiger partial charge in [0.05, 0.1) is 42.5 Å². The molecule has 0 aliphatic heterocycles. The molecule has 3 N–H and O–H groups in total. The minimum atomic E-state index is -0.478. The molecule has 38 heavy (non-hydrogen) atoms. The summed E-state index contributed by atoms with van der Waals surface area (Å²) < 4.78 is 17.0. The number of hydrogen-bond donors (Lipinski definition) is 3. The molecule has 0 fully saturated rings. The maximum absolute atomic E-state index is 13.3. The minimum Gasteiger partial charge on any atom is -0.493 e. The van der Waals surface area contributed by atoms with Gasteiger partial charge in [0.25, 0.3) is 5.91 Å². The lowest BCUT2D eigenvalue weighted by Gasteiger charge is -2.20. The quantitative estimate of drug-likeness (QED) is 0.255. The largest absolute Gasteiger partial charge is 0.493 e. The molecule has 1 atom stereocenters. The molecule has 1 aliphatic rings. The van der Waals surface area contributed by atoms with Crippen LogP contribution in [0, 0.1) is 0 Å². The van der Waals surface area contributed by atoms with Gasteiger partial charge < -0.3 is 19.5 Å². The van der Waals surface area contributed by atoms with Crippen molar-refractivity contribution in [2.24, 2.45) is 0 Å². The average molecular weight is 561 g/mol. The number of thiophene rings is 1. The van der Waals surface area contributed by atoms with Gasteiger partial charge in [0, 0.05) is 10.4 Å². The van der Waals surface area contributed by atoms with Crippen LogP contribution >= 0.6 is 23.1 Å². The highest BCUT2D eigenvalue weighted by Gasteiger charge is 2.30. The maximum Gasteiger partial charge on any atom is 0.261 e. The Balaban J connectivity index is 1.81. The van der Waals surface area contributed by atoms with E-state index in [1.807, 2.05) is 18.4 Å². The van der Waals surface area contributed by atoms with Gasteiger partial charge in [-0.05, 0) is 66.1 Å². The van der Waals surface area contributed by atoms with Crippen molar-refractivity contribution in [2.75, 3.05) is 27.6 Å². The van der Waals surface area contributed by atoms with Gasteiger partial charge in [-0.25, -0.2) is 4.84 Å². The van der Waals surface area contributed by atoms with Crippen molar-refractivity contribution >= 4 is 29.0 Å². The van der Waals surface area contributed by atoms with E-state index in [-0.39, 0.29) is 23.3 Å². The number of ether oxygens (including phenoxy) is 3. The van der Waals surface area contributed by atoms with E-state index in [1.54, 1.807) is 45.6 Å². The van der Waals surface area contributed by atoms with Gasteiger partial charge in [-0.2, -0.15) is 0 Å². The first-order valence-electron chi connectivity index (χ1n) is 11.6. The number of nitrogens with zero attached hydrogens (tertiary/aromatic N) is 1. The lowest BCUT2D eigenvalue weighted by molar-refractivity contribution is -0.496. The molecule has 10 nitrogen and oxygen atoms in total. The van der Waals surface area contributed by atoms with E-state index in [2.05, 4.69) is 10.2 Å². The maximum atomic E-state index is 13.3. The molecular formula is C26H28N2O8S2. The molecule has 1 amide bonds. The van der Waals surface area contributed by atoms with Crippen LogP contribution < -0.4 is 25.0 Å². The van der Waals surface area contributed by atoms with Crippen LogP contribution in [0.4, 0.5) is 0 Å². The molecule has 2 aromatic carbocycles. The smallest absolute Gasteiger partial charge is 0.261 e. The third-order valence-corrected chi connectivity index (χ3v) is 8.07. The van der Waals surface area contributed by atoms with Crippen LogP contribution in [0.2, 0.25) is 0 Å². The van der Waals surface area contributed by atoms with Crippen molar-refractivity contribution in [3.8, 4) is 28.4 Å². The summed E-state index contributed by atoms with van der Waals surface area (Å²) in [7, 11) is 4.66. The fraction of sp³-hybridized carbons (Fsp3) is 0.308. The third-order valence-electron chi connectivity index (χ3n) is 6.23. The molecule has 0 unspecified atom stereocenters. The highest BCUT2D eigenvalue weighted by atomic mass is 32.2. The second-order valence-corrected chi connectivity index (χ2v) is 10.3. The monoisotopic (exact) mass is 560 g/mol. The number of nitrogens with one attached hydrogen (secondary N) is 1. The lowest BCUT2D eigenvalue weighted by atomic mass is 9.95. The van der Waals surface area contributed by atoms with Gasteiger partial charge in [0.1, 0.15) is 6.61 Å². The van der Waals surface area contributed by atoms with Crippen LogP contribution in [0.5, 0.6) is 17.2 Å². The van der Waals surface area contributed by atoms with E-state index < -0.39 is 6.04 Å². The summed E-state index contributed by atoms with van der Waals surface area (Å²) in [6.45, 7) is -0.108. The van der Waals surface area contributed by atoms with Gasteiger partial charge >= 0.3 is 0 Å². The molecule has 0 spiro atoms. The summed E-state index contributed by atoms with van der Waals surface area (Å²) in [6, 6.07) is 9.99. The summed E-state index contributed by atoms with van der Waals surface area (Å²) in [6.07, 6.45) is 2.94. The van der Waals surface area contributed by atoms with Gasteiger partial charge in [0.15, 0.2) is 16.9 Å². The van der Waals surface area contributed by atoms with Crippen LogP contribution in [-0.2, 0) is 17.9 Å². The first-order chi connectivity index (χ1) is 18.3. The topological polar surface area (TPSA) is 127 Å². The van der Waals surface area contributed by atoms with Gasteiger partial charge in [0.2, 0.25) is 5.75 Å². The van der Waals surface area contributed by atoms with Crippen molar-refractivity contribution in [3.05, 3.63) is 67.5 Å². The second-order valence-electron chi connectivity index (χ2n) is 8.32. The number of benzene rings is 1. The Labute approximate surface area is 227 Å². The van der Waals surface area contributed by atoms with Crippen molar-refractivity contribution in [3.63, 3.8) is 0 Å². The summed E-state index contributed by atoms with van der Waals surface area (Å²) in [4.78, 5) is 32.6. The zero-order chi connectivity index (χ0) is 27.4. The standard InChI is InChI=1S/C26H28N2O8S2/c1-33-20-11-14-5-8-18(27-26(30)22-9-6-15(38-22)13-36-28(31)32)17-12-19(29)21(37-4)10-7-16(17)23(14)25(35-3)24(20)34-2/h6-7,9-12,18,31-32H,5,8,13H2,1-4H3,(H,27,30)/t18-/m0/s1. The van der Waals surface area contributed by atoms with Crippen LogP contribution in [0.3, 0.4) is 0 Å². The fourth-order valence-electron chi connectivity index (χ4n) is 4.54. The van der Waals surface area contributed by atoms with Gasteiger partial charge in [-0.1, -0.05) is 6.07 Å². The number of carbonyl (C=O) groups is 1. The number of aryl methyl sites for hydroxylation is 1. The molecule has 0 saturated heterocycles. The molecule has 1 heterocycles. The molecule has 0 saturated carbocycles. The first-order valence-corrected chi connectivity index (χ1v) is 13.6. The molecule has 0 bridgehead atoms. The Kier molecular flexibility index (Phi) is 8.92. The van der Waals surface area contributed by atoms with Crippen LogP contribution in [0.15, 0.2) is 46.1 Å². The van der Waals surface area contributed by atoms with E-state index in [9.17, 15) is 9.59 Å². The minimum absolute atomic E-state index is 0.108. The Morgan fingerprint density at radius 2 is 1.87 bits per heavy atom. The molecule has 1 aromatic heterocycles. The highest BCUT2D eigenvalue weighted by Crippen LogP contribution is 2.50. The SMILES string of the molecule is COc1cc2c(c(OC)c1OC)-c1ccc(SC)c(=O)cc1[C@@H](NC(=O)c1ccc(CON(O)O)s1)CC2. The number of carbonyl (C=O) groups excluding carboxylic acids is 1. The zero-order valence-corrected chi connectivity index (χ0v) is 22.9. The number of methoxy groups -OCH3 is 3. The molecule has 3 aromatic rings. The number of fused-ring (bicyclic) bond motifs is 3. The highest BCUT2D eigenvalue weighted by molar-refractivity contribution is 7.98. The lowest BCUT2D eigenvalue weighted by Crippen LogP contribution is -2.28. The first kappa shape index (κ1) is 27.9. The van der Waals surface area contributed by atoms with E-state index in [4.69, 9.17) is 24.6 Å². The van der Waals surface area contributed by atoms with E-state index in [1.165, 1.54) is 11.8 Å². The van der Waals surface area contributed by atoms with Crippen molar-refractivity contribution in [1.82, 2.24) is 10.7 Å². The van der Waals surface area contributed by atoms with Crippen molar-refractivity contribution in [1.29, 1.82) is 0 Å². The molecule has 1 aliphatic carbocycles. The Hall–Kier alpha value is -3.13. The normalized spacial score (nSPS) is 14.3. The Morgan fingerprint density at radius 1 is 1.11 bits per heavy atom. The molecule has 202 valence electrons. The van der Waals surface area contributed by atoms with Crippen LogP contribution in [0.1, 0.15) is 38.1 Å². The number of rotatable bonds is 9. The van der Waals surface area contributed by atoms with Crippen molar-refractivity contribution in [2.45, 2.75) is 30.4 Å². The van der Waals surface area contributed by atoms with Crippen molar-refractivity contribution < 1.29 is 34.3 Å². The van der Waals surface area contributed by atoms with Crippen LogP contribution in [-0.4, -0.2) is 49.3 Å². The average Bonchev–Trinajstić information content (AvgIpc) is 3.27. The number of thioether (sulfide) groups is 1. The third kappa shape index (κ3) is 5.65. The summed E-state index contributed by atoms with van der Waals surface area (Å²) in [5.74, 6) is 1.14. The number of amides is 1. The van der Waals surface area contributed by atoms with E-state index >= 15 is 0 Å². The summed E-state index contributed by atoms with van der Waals surface area (Å²) >= 11 is 2.52. The Bertz CT molecular complexity index is 1390. The predicted molar refractivity (Wildman–Crippen MR) is 143 cm³/mol. The predicted octanol–water partition coefficient (Wildman–Crippen LogP) is 4.45. The summed E-state index contributed by atoms with van der Waals surface area (Å²) in [5, 5.41) is 20.2. The molecule has 12 heteroatoms. The zero-order valence-electron chi connectivity index (χ0n) is 21.3. The number of hydrogen-bond acceptors (Lipinski definition) is 11. The summed E-state index contributed by atoms with van der Waals surface area (Å²) in [5.41, 5.74) is 3.00. The van der Waals surface area contributed by atoms with E-state index in [0.29, 0.717) is 50.3 Å². The molecule has 0 radical (unpaired) electrons. The van der Waals surface area contributed by atoms with Crippen LogP contribution in [0.25, 0.3) is 11.1 Å². The molecule has 4 rings (SSSR count). The second kappa shape index (κ2) is 12.2. The Morgan fingerprint density at radius 3 is 2.53 bits per heavy atom. The van der Waals surface area contributed by atoms with Gasteiger partial charge in [-0.3, -0.25) is 20.0 Å². The fourth-order valence-corrected chi connectivity index (χ4v) is 5.83.